The van der Waals surface area contributed by atoms with E-state index < -0.39 is 0 Å². The Hall–Kier alpha value is -2.41. The summed E-state index contributed by atoms with van der Waals surface area (Å²) in [5, 5.41) is 12.1. The van der Waals surface area contributed by atoms with Crippen LogP contribution in [0.2, 0.25) is 0 Å². The number of ether oxygens (including phenoxy) is 1. The summed E-state index contributed by atoms with van der Waals surface area (Å²) in [6.07, 6.45) is 8.92. The van der Waals surface area contributed by atoms with Crippen molar-refractivity contribution in [3.8, 4) is 17.1 Å². The van der Waals surface area contributed by atoms with Gasteiger partial charge in [-0.15, -0.1) is 0 Å². The minimum absolute atomic E-state index is 0.250. The number of nitrogens with one attached hydrogen (secondary N) is 1. The Balaban J connectivity index is 1.56. The first kappa shape index (κ1) is 14.0. The van der Waals surface area contributed by atoms with Crippen LogP contribution in [-0.4, -0.2) is 43.6 Å². The molecule has 2 aliphatic rings. The average molecular weight is 324 g/mol. The van der Waals surface area contributed by atoms with Crippen molar-refractivity contribution < 1.29 is 4.74 Å². The van der Waals surface area contributed by atoms with Crippen LogP contribution in [0.15, 0.2) is 24.8 Å². The predicted octanol–water partition coefficient (Wildman–Crippen LogP) is 1.42. The molecule has 3 aromatic heterocycles. The molecule has 1 aliphatic carbocycles. The number of nitrogens with zero attached hydrogens (tertiary/aromatic N) is 5. The molecule has 7 heteroatoms. The van der Waals surface area contributed by atoms with E-state index in [9.17, 15) is 0 Å². The van der Waals surface area contributed by atoms with Gasteiger partial charge in [-0.1, -0.05) is 0 Å². The topological polar surface area (TPSA) is 69.3 Å². The lowest BCUT2D eigenvalue weighted by molar-refractivity contribution is 0.0144. The minimum atomic E-state index is 0.250. The highest BCUT2D eigenvalue weighted by Gasteiger charge is 2.45. The van der Waals surface area contributed by atoms with Crippen LogP contribution in [0.3, 0.4) is 0 Å². The highest BCUT2D eigenvalue weighted by atomic mass is 16.5. The normalized spacial score (nSPS) is 25.7. The molecule has 1 saturated carbocycles. The molecule has 0 unspecified atom stereocenters. The van der Waals surface area contributed by atoms with E-state index in [1.165, 1.54) is 0 Å². The SMILES string of the molecule is Cc1cnn2cc(-c3cnn(C)c3)nc(O[C@@H]3C[C@@H]4CNC[C@@H]43)c12. The summed E-state index contributed by atoms with van der Waals surface area (Å²) in [7, 11) is 1.90. The van der Waals surface area contributed by atoms with E-state index in [4.69, 9.17) is 9.72 Å². The lowest BCUT2D eigenvalue weighted by atomic mass is 9.73. The Morgan fingerprint density at radius 1 is 1.21 bits per heavy atom. The van der Waals surface area contributed by atoms with Crippen LogP contribution in [0.25, 0.3) is 16.8 Å². The first-order valence-electron chi connectivity index (χ1n) is 8.40. The Bertz CT molecular complexity index is 913. The third-order valence-corrected chi connectivity index (χ3v) is 5.32. The molecule has 1 aliphatic heterocycles. The lowest BCUT2D eigenvalue weighted by Crippen LogP contribution is -2.44. The Kier molecular flexibility index (Phi) is 2.94. The molecule has 0 amide bonds. The molecule has 1 N–H and O–H groups in total. The fourth-order valence-corrected chi connectivity index (χ4v) is 3.90. The number of hydrogen-bond acceptors (Lipinski definition) is 5. The van der Waals surface area contributed by atoms with Crippen molar-refractivity contribution in [1.82, 2.24) is 29.7 Å². The second kappa shape index (κ2) is 5.04. The Morgan fingerprint density at radius 2 is 2.12 bits per heavy atom. The summed E-state index contributed by atoms with van der Waals surface area (Å²) in [4.78, 5) is 4.80. The molecular formula is C17H20N6O. The second-order valence-electron chi connectivity index (χ2n) is 6.93. The molecular weight excluding hydrogens is 304 g/mol. The van der Waals surface area contributed by atoms with Gasteiger partial charge in [-0.25, -0.2) is 9.50 Å². The van der Waals surface area contributed by atoms with E-state index >= 15 is 0 Å². The number of fused-ring (bicyclic) bond motifs is 2. The van der Waals surface area contributed by atoms with Gasteiger partial charge in [0.2, 0.25) is 5.88 Å². The summed E-state index contributed by atoms with van der Waals surface area (Å²) < 4.78 is 9.99. The largest absolute Gasteiger partial charge is 0.472 e. The molecule has 5 rings (SSSR count). The molecule has 3 atom stereocenters. The molecule has 0 spiro atoms. The Labute approximate surface area is 139 Å². The number of aryl methyl sites for hydroxylation is 2. The molecule has 24 heavy (non-hydrogen) atoms. The van der Waals surface area contributed by atoms with Gasteiger partial charge in [0.1, 0.15) is 11.6 Å². The molecule has 2 fully saturated rings. The summed E-state index contributed by atoms with van der Waals surface area (Å²) in [6, 6.07) is 0. The first-order chi connectivity index (χ1) is 11.7. The molecule has 0 bridgehead atoms. The van der Waals surface area contributed by atoms with Crippen molar-refractivity contribution in [3.63, 3.8) is 0 Å². The van der Waals surface area contributed by atoms with E-state index in [0.717, 1.165) is 47.8 Å². The summed E-state index contributed by atoms with van der Waals surface area (Å²) in [5.74, 6) is 2.05. The van der Waals surface area contributed by atoms with Crippen LogP contribution in [0.1, 0.15) is 12.0 Å². The van der Waals surface area contributed by atoms with Crippen LogP contribution in [0.4, 0.5) is 0 Å². The van der Waals surface area contributed by atoms with E-state index in [0.29, 0.717) is 11.8 Å². The molecule has 4 heterocycles. The van der Waals surface area contributed by atoms with Crippen molar-refractivity contribution in [2.24, 2.45) is 18.9 Å². The van der Waals surface area contributed by atoms with Crippen molar-refractivity contribution in [2.45, 2.75) is 19.4 Å². The number of aromatic nitrogens is 5. The van der Waals surface area contributed by atoms with Gasteiger partial charge in [-0.05, 0) is 25.8 Å². The Morgan fingerprint density at radius 3 is 2.92 bits per heavy atom. The third-order valence-electron chi connectivity index (χ3n) is 5.32. The third kappa shape index (κ3) is 2.04. The molecule has 124 valence electrons. The van der Waals surface area contributed by atoms with Crippen molar-refractivity contribution in [1.29, 1.82) is 0 Å². The van der Waals surface area contributed by atoms with E-state index in [2.05, 4.69) is 15.5 Å². The molecule has 7 nitrogen and oxygen atoms in total. The van der Waals surface area contributed by atoms with E-state index in [1.54, 1.807) is 4.68 Å². The molecule has 3 aromatic rings. The van der Waals surface area contributed by atoms with Crippen LogP contribution >= 0.6 is 0 Å². The number of rotatable bonds is 3. The van der Waals surface area contributed by atoms with Gasteiger partial charge in [-0.2, -0.15) is 10.2 Å². The van der Waals surface area contributed by atoms with Crippen LogP contribution < -0.4 is 10.1 Å². The zero-order valence-electron chi connectivity index (χ0n) is 13.8. The monoisotopic (exact) mass is 324 g/mol. The van der Waals surface area contributed by atoms with Gasteiger partial charge in [0.05, 0.1) is 24.3 Å². The highest BCUT2D eigenvalue weighted by Crippen LogP contribution is 2.40. The lowest BCUT2D eigenvalue weighted by Gasteiger charge is -2.39. The second-order valence-corrected chi connectivity index (χ2v) is 6.93. The van der Waals surface area contributed by atoms with E-state index in [-0.39, 0.29) is 6.10 Å². The van der Waals surface area contributed by atoms with Gasteiger partial charge < -0.3 is 10.1 Å². The van der Waals surface area contributed by atoms with Crippen molar-refractivity contribution >= 4 is 5.52 Å². The number of hydrogen-bond donors (Lipinski definition) is 1. The minimum Gasteiger partial charge on any atom is -0.472 e. The predicted molar refractivity (Wildman–Crippen MR) is 88.8 cm³/mol. The van der Waals surface area contributed by atoms with Crippen LogP contribution in [0.5, 0.6) is 5.88 Å². The van der Waals surface area contributed by atoms with Crippen molar-refractivity contribution in [2.75, 3.05) is 13.1 Å². The molecule has 0 aromatic carbocycles. The zero-order chi connectivity index (χ0) is 16.3. The fraction of sp³-hybridized carbons (Fsp3) is 0.471. The first-order valence-corrected chi connectivity index (χ1v) is 8.40. The molecule has 1 saturated heterocycles. The maximum Gasteiger partial charge on any atom is 0.241 e. The standard InChI is InChI=1S/C17H20N6O/c1-10-4-20-23-9-14(12-6-19-22(2)8-12)21-17(16(10)23)24-15-3-11-5-18-7-13(11)15/h4,6,8-9,11,13,15,18H,3,5,7H2,1-2H3/t11-,13+,15-/m1/s1. The van der Waals surface area contributed by atoms with Crippen LogP contribution in [-0.2, 0) is 7.05 Å². The smallest absolute Gasteiger partial charge is 0.241 e. The van der Waals surface area contributed by atoms with Crippen LogP contribution in [0, 0.1) is 18.8 Å². The van der Waals surface area contributed by atoms with Crippen molar-refractivity contribution in [3.05, 3.63) is 30.4 Å². The highest BCUT2D eigenvalue weighted by molar-refractivity contribution is 5.66. The van der Waals surface area contributed by atoms with Gasteiger partial charge >= 0.3 is 0 Å². The maximum absolute atomic E-state index is 6.35. The average Bonchev–Trinajstić information content (AvgIpc) is 3.24. The summed E-state index contributed by atoms with van der Waals surface area (Å²) >= 11 is 0. The molecule has 0 radical (unpaired) electrons. The van der Waals surface area contributed by atoms with E-state index in [1.807, 2.05) is 43.3 Å². The van der Waals surface area contributed by atoms with Gasteiger partial charge in [0, 0.05) is 36.8 Å². The zero-order valence-corrected chi connectivity index (χ0v) is 13.8. The summed E-state index contributed by atoms with van der Waals surface area (Å²) in [5.41, 5.74) is 3.83. The van der Waals surface area contributed by atoms with Gasteiger partial charge in [-0.3, -0.25) is 4.68 Å². The fourth-order valence-electron chi connectivity index (χ4n) is 3.90. The maximum atomic E-state index is 6.35. The quantitative estimate of drug-likeness (QED) is 0.789. The summed E-state index contributed by atoms with van der Waals surface area (Å²) in [6.45, 7) is 4.21. The van der Waals surface area contributed by atoms with Gasteiger partial charge in [0.15, 0.2) is 0 Å². The van der Waals surface area contributed by atoms with Gasteiger partial charge in [0.25, 0.3) is 0 Å².